The van der Waals surface area contributed by atoms with Gasteiger partial charge in [-0.25, -0.2) is 0 Å². The standard InChI is InChI=1S/C14H12O4S/c1-8-12(17)9-4-2-3-5-10(9)13(18)14(8)19-7-6-11(15)16/h2-5H,6-7H2,1H3,(H,15,16). The van der Waals surface area contributed by atoms with Crippen LogP contribution in [-0.4, -0.2) is 28.4 Å². The summed E-state index contributed by atoms with van der Waals surface area (Å²) in [4.78, 5) is 35.3. The highest BCUT2D eigenvalue weighted by atomic mass is 32.2. The zero-order chi connectivity index (χ0) is 14.0. The van der Waals surface area contributed by atoms with Crippen molar-refractivity contribution in [1.82, 2.24) is 0 Å². The van der Waals surface area contributed by atoms with E-state index in [-0.39, 0.29) is 23.7 Å². The van der Waals surface area contributed by atoms with Crippen molar-refractivity contribution >= 4 is 29.3 Å². The zero-order valence-corrected chi connectivity index (χ0v) is 11.1. The summed E-state index contributed by atoms with van der Waals surface area (Å²) in [7, 11) is 0. The lowest BCUT2D eigenvalue weighted by atomic mass is 9.90. The molecule has 0 amide bonds. The number of carboxylic acid groups (broad SMARTS) is 1. The van der Waals surface area contributed by atoms with E-state index in [4.69, 9.17) is 5.11 Å². The largest absolute Gasteiger partial charge is 0.481 e. The number of Topliss-reactive ketones (excluding diaryl/α,β-unsaturated/α-hetero) is 2. The van der Waals surface area contributed by atoms with E-state index in [0.29, 0.717) is 21.6 Å². The third kappa shape index (κ3) is 2.61. The molecule has 0 atom stereocenters. The molecule has 0 saturated heterocycles. The SMILES string of the molecule is CC1=C(SCCC(=O)O)C(=O)c2ccccc2C1=O. The first-order valence-corrected chi connectivity index (χ1v) is 6.75. The highest BCUT2D eigenvalue weighted by Gasteiger charge is 2.29. The molecule has 1 aliphatic carbocycles. The number of hydrogen-bond acceptors (Lipinski definition) is 4. The highest BCUT2D eigenvalue weighted by Crippen LogP contribution is 2.32. The van der Waals surface area contributed by atoms with Crippen LogP contribution in [0.5, 0.6) is 0 Å². The lowest BCUT2D eigenvalue weighted by Gasteiger charge is -2.18. The van der Waals surface area contributed by atoms with Crippen LogP contribution in [0.3, 0.4) is 0 Å². The van der Waals surface area contributed by atoms with Crippen molar-refractivity contribution in [2.75, 3.05) is 5.75 Å². The predicted molar refractivity (Wildman–Crippen MR) is 72.5 cm³/mol. The summed E-state index contributed by atoms with van der Waals surface area (Å²) < 4.78 is 0. The molecule has 0 bridgehead atoms. The third-order valence-electron chi connectivity index (χ3n) is 2.87. The number of rotatable bonds is 4. The maximum atomic E-state index is 12.3. The van der Waals surface area contributed by atoms with Gasteiger partial charge >= 0.3 is 5.97 Å². The maximum Gasteiger partial charge on any atom is 0.304 e. The summed E-state index contributed by atoms with van der Waals surface area (Å²) in [6, 6.07) is 6.70. The van der Waals surface area contributed by atoms with Gasteiger partial charge in [0.05, 0.1) is 11.3 Å². The Morgan fingerprint density at radius 2 is 1.74 bits per heavy atom. The molecule has 1 aliphatic rings. The Bertz CT molecular complexity index is 601. The molecule has 0 spiro atoms. The minimum atomic E-state index is -0.916. The van der Waals surface area contributed by atoms with Gasteiger partial charge in [-0.15, -0.1) is 11.8 Å². The summed E-state index contributed by atoms with van der Waals surface area (Å²) in [5.74, 6) is -0.986. The Hall–Kier alpha value is -1.88. The number of ketones is 2. The second kappa shape index (κ2) is 5.40. The van der Waals surface area contributed by atoms with Gasteiger partial charge in [0.15, 0.2) is 11.6 Å². The monoisotopic (exact) mass is 276 g/mol. The molecule has 5 heteroatoms. The molecule has 98 valence electrons. The fraction of sp³-hybridized carbons (Fsp3) is 0.214. The second-order valence-corrected chi connectivity index (χ2v) is 5.26. The van der Waals surface area contributed by atoms with Crippen molar-refractivity contribution in [3.63, 3.8) is 0 Å². The van der Waals surface area contributed by atoms with Crippen LogP contribution in [0.25, 0.3) is 0 Å². The van der Waals surface area contributed by atoms with Crippen LogP contribution in [-0.2, 0) is 4.79 Å². The normalized spacial score (nSPS) is 14.6. The maximum absolute atomic E-state index is 12.3. The summed E-state index contributed by atoms with van der Waals surface area (Å²) in [5, 5.41) is 8.60. The number of carboxylic acids is 1. The Morgan fingerprint density at radius 1 is 1.16 bits per heavy atom. The van der Waals surface area contributed by atoms with Crippen molar-refractivity contribution in [3.8, 4) is 0 Å². The minimum absolute atomic E-state index is 0.0371. The average Bonchev–Trinajstić information content (AvgIpc) is 2.40. The highest BCUT2D eigenvalue weighted by molar-refractivity contribution is 8.04. The summed E-state index contributed by atoms with van der Waals surface area (Å²) in [6.45, 7) is 1.61. The van der Waals surface area contributed by atoms with Crippen LogP contribution in [0.1, 0.15) is 34.1 Å². The molecule has 1 N–H and O–H groups in total. The molecule has 4 nitrogen and oxygen atoms in total. The number of allylic oxidation sites excluding steroid dienone is 2. The van der Waals surface area contributed by atoms with Crippen molar-refractivity contribution in [1.29, 1.82) is 0 Å². The summed E-state index contributed by atoms with van der Waals surface area (Å²) in [6.07, 6.45) is -0.0371. The molecule has 0 saturated carbocycles. The van der Waals surface area contributed by atoms with Gasteiger partial charge in [-0.3, -0.25) is 14.4 Å². The second-order valence-electron chi connectivity index (χ2n) is 4.15. The van der Waals surface area contributed by atoms with E-state index >= 15 is 0 Å². The number of benzene rings is 1. The smallest absolute Gasteiger partial charge is 0.304 e. The van der Waals surface area contributed by atoms with Crippen LogP contribution in [0.15, 0.2) is 34.7 Å². The molecule has 19 heavy (non-hydrogen) atoms. The first-order chi connectivity index (χ1) is 9.02. The first kappa shape index (κ1) is 13.5. The van der Waals surface area contributed by atoms with E-state index in [9.17, 15) is 14.4 Å². The molecule has 1 aromatic carbocycles. The van der Waals surface area contributed by atoms with Crippen LogP contribution in [0, 0.1) is 0 Å². The average molecular weight is 276 g/mol. The summed E-state index contributed by atoms with van der Waals surface area (Å²) >= 11 is 1.14. The number of fused-ring (bicyclic) bond motifs is 1. The number of carbonyl (C=O) groups is 3. The minimum Gasteiger partial charge on any atom is -0.481 e. The van der Waals surface area contributed by atoms with Gasteiger partial charge < -0.3 is 5.11 Å². The van der Waals surface area contributed by atoms with Gasteiger partial charge in [-0.05, 0) is 6.92 Å². The number of hydrogen-bond donors (Lipinski definition) is 1. The molecular weight excluding hydrogens is 264 g/mol. The molecule has 2 rings (SSSR count). The number of aliphatic carboxylic acids is 1. The Morgan fingerprint density at radius 3 is 2.32 bits per heavy atom. The van der Waals surface area contributed by atoms with Gasteiger partial charge in [0, 0.05) is 22.5 Å². The van der Waals surface area contributed by atoms with Crippen molar-refractivity contribution in [3.05, 3.63) is 45.9 Å². The van der Waals surface area contributed by atoms with Gasteiger partial charge in [0.2, 0.25) is 0 Å². The van der Waals surface area contributed by atoms with Crippen LogP contribution in [0.4, 0.5) is 0 Å². The van der Waals surface area contributed by atoms with Gasteiger partial charge in [-0.1, -0.05) is 24.3 Å². The van der Waals surface area contributed by atoms with Crippen molar-refractivity contribution < 1.29 is 19.5 Å². The third-order valence-corrected chi connectivity index (χ3v) is 4.05. The van der Waals surface area contributed by atoms with Crippen LogP contribution >= 0.6 is 11.8 Å². The number of carbonyl (C=O) groups excluding carboxylic acids is 2. The quantitative estimate of drug-likeness (QED) is 0.915. The predicted octanol–water partition coefficient (Wildman–Crippen LogP) is 2.55. The zero-order valence-electron chi connectivity index (χ0n) is 10.3. The molecule has 1 aromatic rings. The van der Waals surface area contributed by atoms with Gasteiger partial charge in [0.25, 0.3) is 0 Å². The molecule has 0 fully saturated rings. The summed E-state index contributed by atoms with van der Waals surface area (Å²) in [5.41, 5.74) is 1.22. The fourth-order valence-corrected chi connectivity index (χ4v) is 2.92. The van der Waals surface area contributed by atoms with Gasteiger partial charge in [-0.2, -0.15) is 0 Å². The topological polar surface area (TPSA) is 71.4 Å². The van der Waals surface area contributed by atoms with Crippen LogP contribution < -0.4 is 0 Å². The van der Waals surface area contributed by atoms with E-state index in [1.165, 1.54) is 0 Å². The lowest BCUT2D eigenvalue weighted by molar-refractivity contribution is -0.136. The Kier molecular flexibility index (Phi) is 3.85. The van der Waals surface area contributed by atoms with E-state index < -0.39 is 5.97 Å². The Labute approximate surface area is 114 Å². The van der Waals surface area contributed by atoms with Crippen molar-refractivity contribution in [2.45, 2.75) is 13.3 Å². The molecule has 0 aliphatic heterocycles. The molecular formula is C14H12O4S. The van der Waals surface area contributed by atoms with E-state index in [1.807, 2.05) is 0 Å². The molecule has 0 aromatic heterocycles. The van der Waals surface area contributed by atoms with E-state index in [0.717, 1.165) is 11.8 Å². The van der Waals surface area contributed by atoms with Crippen molar-refractivity contribution in [2.24, 2.45) is 0 Å². The molecule has 0 radical (unpaired) electrons. The number of thioether (sulfide) groups is 1. The lowest BCUT2D eigenvalue weighted by Crippen LogP contribution is -2.19. The van der Waals surface area contributed by atoms with Crippen LogP contribution in [0.2, 0.25) is 0 Å². The Balaban J connectivity index is 2.29. The fourth-order valence-electron chi connectivity index (χ4n) is 1.89. The molecule has 0 heterocycles. The van der Waals surface area contributed by atoms with Gasteiger partial charge in [0.1, 0.15) is 0 Å². The molecule has 0 unspecified atom stereocenters. The first-order valence-electron chi connectivity index (χ1n) is 5.76. The van der Waals surface area contributed by atoms with E-state index in [1.54, 1.807) is 31.2 Å². The van der Waals surface area contributed by atoms with E-state index in [2.05, 4.69) is 0 Å².